The highest BCUT2D eigenvalue weighted by Gasteiger charge is 2.27. The van der Waals surface area contributed by atoms with Gasteiger partial charge in [0.1, 0.15) is 6.54 Å². The number of hydrogen-bond acceptors (Lipinski definition) is 5. The third kappa shape index (κ3) is 2.53. The van der Waals surface area contributed by atoms with Crippen LogP contribution in [0.2, 0.25) is 0 Å². The Labute approximate surface area is 114 Å². The van der Waals surface area contributed by atoms with Crippen molar-refractivity contribution in [1.29, 1.82) is 0 Å². The first kappa shape index (κ1) is 13.8. The number of non-ortho nitro benzene ring substituents is 1. The van der Waals surface area contributed by atoms with Gasteiger partial charge >= 0.3 is 0 Å². The van der Waals surface area contributed by atoms with Crippen LogP contribution in [0.1, 0.15) is 10.4 Å². The lowest BCUT2D eigenvalue weighted by atomic mass is 10.1. The summed E-state index contributed by atoms with van der Waals surface area (Å²) in [6.07, 6.45) is 0. The van der Waals surface area contributed by atoms with Crippen molar-refractivity contribution < 1.29 is 14.5 Å². The molecule has 20 heavy (non-hydrogen) atoms. The Morgan fingerprint density at radius 3 is 2.70 bits per heavy atom. The number of nitro groups is 1. The van der Waals surface area contributed by atoms with Crippen LogP contribution in [0.3, 0.4) is 0 Å². The average Bonchev–Trinajstić information content (AvgIpc) is 2.41. The number of amides is 2. The maximum atomic E-state index is 12.3. The maximum Gasteiger partial charge on any atom is 0.270 e. The molecule has 0 saturated carbocycles. The van der Waals surface area contributed by atoms with Gasteiger partial charge in [0.25, 0.3) is 11.6 Å². The number of carbonyl (C=O) groups is 2. The van der Waals surface area contributed by atoms with Gasteiger partial charge in [-0.2, -0.15) is 0 Å². The minimum atomic E-state index is -0.592. The van der Waals surface area contributed by atoms with Crippen LogP contribution in [0, 0.1) is 10.1 Å². The number of benzene rings is 1. The van der Waals surface area contributed by atoms with E-state index < -0.39 is 10.8 Å². The molecule has 1 fully saturated rings. The molecule has 0 radical (unpaired) electrons. The third-order valence-electron chi connectivity index (χ3n) is 3.22. The number of nitrogens with zero attached hydrogens (tertiary/aromatic N) is 3. The van der Waals surface area contributed by atoms with E-state index in [2.05, 4.69) is 0 Å². The molecular formula is C12H14N4O4. The molecule has 0 spiro atoms. The van der Waals surface area contributed by atoms with Crippen molar-refractivity contribution in [3.05, 3.63) is 33.9 Å². The van der Waals surface area contributed by atoms with E-state index in [-0.39, 0.29) is 29.4 Å². The Morgan fingerprint density at radius 2 is 2.10 bits per heavy atom. The Balaban J connectivity index is 2.27. The second-order valence-electron chi connectivity index (χ2n) is 4.57. The van der Waals surface area contributed by atoms with Crippen molar-refractivity contribution in [3.63, 3.8) is 0 Å². The summed E-state index contributed by atoms with van der Waals surface area (Å²) in [5.74, 6) is -0.638. The molecule has 8 heteroatoms. The van der Waals surface area contributed by atoms with Crippen molar-refractivity contribution >= 4 is 23.2 Å². The number of anilines is 1. The SMILES string of the molecule is CN1CCN(C(=O)c2cc([N+](=O)[O-])ccc2N)CC1=O. The Morgan fingerprint density at radius 1 is 1.40 bits per heavy atom. The highest BCUT2D eigenvalue weighted by atomic mass is 16.6. The van der Waals surface area contributed by atoms with Crippen molar-refractivity contribution in [2.75, 3.05) is 32.4 Å². The number of hydrogen-bond donors (Lipinski definition) is 1. The molecule has 2 amide bonds. The van der Waals surface area contributed by atoms with Crippen LogP contribution in [-0.2, 0) is 4.79 Å². The van der Waals surface area contributed by atoms with Crippen LogP contribution in [0.5, 0.6) is 0 Å². The predicted octanol–water partition coefficient (Wildman–Crippen LogP) is 0.0912. The number of piperazine rings is 1. The van der Waals surface area contributed by atoms with E-state index in [9.17, 15) is 19.7 Å². The minimum absolute atomic E-state index is 0.0442. The Bertz CT molecular complexity index is 587. The second-order valence-corrected chi connectivity index (χ2v) is 4.57. The van der Waals surface area contributed by atoms with Gasteiger partial charge in [0.15, 0.2) is 0 Å². The molecule has 106 valence electrons. The maximum absolute atomic E-state index is 12.3. The van der Waals surface area contributed by atoms with Crippen LogP contribution in [0.25, 0.3) is 0 Å². The summed E-state index contributed by atoms with van der Waals surface area (Å²) in [4.78, 5) is 36.9. The molecular weight excluding hydrogens is 264 g/mol. The van der Waals surface area contributed by atoms with Gasteiger partial charge in [0.05, 0.1) is 10.5 Å². The first-order valence-electron chi connectivity index (χ1n) is 5.97. The summed E-state index contributed by atoms with van der Waals surface area (Å²) in [5, 5.41) is 10.7. The molecule has 1 aliphatic rings. The second kappa shape index (κ2) is 5.16. The van der Waals surface area contributed by atoms with Crippen LogP contribution in [0.4, 0.5) is 11.4 Å². The minimum Gasteiger partial charge on any atom is -0.398 e. The quantitative estimate of drug-likeness (QED) is 0.468. The zero-order valence-corrected chi connectivity index (χ0v) is 10.9. The van der Waals surface area contributed by atoms with Gasteiger partial charge in [0, 0.05) is 38.0 Å². The van der Waals surface area contributed by atoms with Crippen molar-refractivity contribution in [2.24, 2.45) is 0 Å². The molecule has 1 aromatic rings. The van der Waals surface area contributed by atoms with Crippen molar-refractivity contribution in [3.8, 4) is 0 Å². The molecule has 1 aromatic carbocycles. The molecule has 8 nitrogen and oxygen atoms in total. The van der Waals surface area contributed by atoms with Gasteiger partial charge in [0.2, 0.25) is 5.91 Å². The van der Waals surface area contributed by atoms with E-state index in [1.807, 2.05) is 0 Å². The average molecular weight is 278 g/mol. The number of nitrogens with two attached hydrogens (primary N) is 1. The van der Waals surface area contributed by atoms with Gasteiger partial charge in [-0.15, -0.1) is 0 Å². The fourth-order valence-electron chi connectivity index (χ4n) is 1.95. The summed E-state index contributed by atoms with van der Waals surface area (Å²) in [5.41, 5.74) is 5.70. The standard InChI is InChI=1S/C12H14N4O4/c1-14-4-5-15(7-11(14)17)12(18)9-6-8(16(19)20)2-3-10(9)13/h2-3,6H,4-5,7,13H2,1H3. The first-order chi connectivity index (χ1) is 9.40. The molecule has 2 rings (SSSR count). The molecule has 0 aliphatic carbocycles. The monoisotopic (exact) mass is 278 g/mol. The number of likely N-dealkylation sites (N-methyl/N-ethyl adjacent to an activating group) is 1. The van der Waals surface area contributed by atoms with E-state index in [1.54, 1.807) is 7.05 Å². The zero-order valence-electron chi connectivity index (χ0n) is 10.9. The predicted molar refractivity (Wildman–Crippen MR) is 71.0 cm³/mol. The highest BCUT2D eigenvalue weighted by Crippen LogP contribution is 2.21. The van der Waals surface area contributed by atoms with Gasteiger partial charge in [-0.25, -0.2) is 0 Å². The van der Waals surface area contributed by atoms with E-state index in [1.165, 1.54) is 21.9 Å². The smallest absolute Gasteiger partial charge is 0.270 e. The van der Waals surface area contributed by atoms with E-state index in [0.717, 1.165) is 6.07 Å². The number of rotatable bonds is 2. The number of nitro benzene ring substituents is 1. The van der Waals surface area contributed by atoms with E-state index in [4.69, 9.17) is 5.73 Å². The molecule has 1 heterocycles. The van der Waals surface area contributed by atoms with Crippen molar-refractivity contribution in [2.45, 2.75) is 0 Å². The van der Waals surface area contributed by atoms with Gasteiger partial charge in [-0.3, -0.25) is 19.7 Å². The summed E-state index contributed by atoms with van der Waals surface area (Å²) in [6, 6.07) is 3.70. The molecule has 1 aliphatic heterocycles. The van der Waals surface area contributed by atoms with Crippen LogP contribution in [-0.4, -0.2) is 53.2 Å². The van der Waals surface area contributed by atoms with Crippen LogP contribution < -0.4 is 5.73 Å². The van der Waals surface area contributed by atoms with Gasteiger partial charge in [-0.1, -0.05) is 0 Å². The van der Waals surface area contributed by atoms with E-state index >= 15 is 0 Å². The lowest BCUT2D eigenvalue weighted by Crippen LogP contribution is -2.50. The summed E-state index contributed by atoms with van der Waals surface area (Å²) in [7, 11) is 1.66. The van der Waals surface area contributed by atoms with Gasteiger partial charge < -0.3 is 15.5 Å². The fourth-order valence-corrected chi connectivity index (χ4v) is 1.95. The van der Waals surface area contributed by atoms with Crippen molar-refractivity contribution in [1.82, 2.24) is 9.80 Å². The number of carbonyl (C=O) groups excluding carboxylic acids is 2. The summed E-state index contributed by atoms with van der Waals surface area (Å²) < 4.78 is 0. The Hall–Kier alpha value is -2.64. The lowest BCUT2D eigenvalue weighted by molar-refractivity contribution is -0.384. The molecule has 0 bridgehead atoms. The lowest BCUT2D eigenvalue weighted by Gasteiger charge is -2.32. The highest BCUT2D eigenvalue weighted by molar-refractivity contribution is 6.01. The zero-order chi connectivity index (χ0) is 14.9. The van der Waals surface area contributed by atoms with E-state index in [0.29, 0.717) is 13.1 Å². The summed E-state index contributed by atoms with van der Waals surface area (Å²) in [6.45, 7) is 0.764. The summed E-state index contributed by atoms with van der Waals surface area (Å²) >= 11 is 0. The topological polar surface area (TPSA) is 110 Å². The van der Waals surface area contributed by atoms with Crippen LogP contribution in [0.15, 0.2) is 18.2 Å². The van der Waals surface area contributed by atoms with Crippen LogP contribution >= 0.6 is 0 Å². The molecule has 0 unspecified atom stereocenters. The largest absolute Gasteiger partial charge is 0.398 e. The third-order valence-corrected chi connectivity index (χ3v) is 3.22. The molecule has 2 N–H and O–H groups in total. The normalized spacial score (nSPS) is 15.3. The number of nitrogen functional groups attached to an aromatic ring is 1. The van der Waals surface area contributed by atoms with Gasteiger partial charge in [-0.05, 0) is 6.07 Å². The fraction of sp³-hybridized carbons (Fsp3) is 0.333. The molecule has 1 saturated heterocycles. The Kier molecular flexibility index (Phi) is 3.55. The first-order valence-corrected chi connectivity index (χ1v) is 5.97. The molecule has 0 atom stereocenters. The molecule has 0 aromatic heterocycles.